The number of esters is 1. The molecule has 8 heteroatoms. The van der Waals surface area contributed by atoms with Crippen LogP contribution < -0.4 is 20.1 Å². The predicted molar refractivity (Wildman–Crippen MR) is 106 cm³/mol. The average molecular weight is 380 g/mol. The third-order valence-electron chi connectivity index (χ3n) is 3.85. The minimum atomic E-state index is -0.409. The number of hydrogen-bond donors (Lipinski definition) is 2. The van der Waals surface area contributed by atoms with Crippen LogP contribution in [0, 0.1) is 0 Å². The summed E-state index contributed by atoms with van der Waals surface area (Å²) < 4.78 is 15.3. The van der Waals surface area contributed by atoms with E-state index in [0.29, 0.717) is 34.5 Å². The fourth-order valence-corrected chi connectivity index (χ4v) is 2.52. The number of methoxy groups -OCH3 is 3. The zero-order chi connectivity index (χ0) is 19.9. The number of carbonyl (C=O) groups excluding carboxylic acids is 1. The summed E-state index contributed by atoms with van der Waals surface area (Å²) >= 11 is 0. The second-order valence-electron chi connectivity index (χ2n) is 5.66. The molecule has 0 bridgehead atoms. The second kappa shape index (κ2) is 8.72. The van der Waals surface area contributed by atoms with Gasteiger partial charge in [0.25, 0.3) is 0 Å². The molecule has 144 valence electrons. The molecular formula is C20H20N4O4. The van der Waals surface area contributed by atoms with Crippen LogP contribution in [0.3, 0.4) is 0 Å². The lowest BCUT2D eigenvalue weighted by molar-refractivity contribution is 0.0601. The molecule has 0 amide bonds. The van der Waals surface area contributed by atoms with Crippen LogP contribution in [0.2, 0.25) is 0 Å². The van der Waals surface area contributed by atoms with Crippen molar-refractivity contribution in [1.29, 1.82) is 0 Å². The van der Waals surface area contributed by atoms with E-state index in [1.807, 2.05) is 18.2 Å². The topological polar surface area (TPSA) is 94.6 Å². The van der Waals surface area contributed by atoms with E-state index in [2.05, 4.69) is 20.6 Å². The summed E-state index contributed by atoms with van der Waals surface area (Å²) in [5.74, 6) is 1.82. The molecule has 2 N–H and O–H groups in total. The molecule has 0 unspecified atom stereocenters. The molecule has 0 aliphatic rings. The van der Waals surface area contributed by atoms with Gasteiger partial charge in [-0.05, 0) is 36.4 Å². The lowest BCUT2D eigenvalue weighted by Gasteiger charge is -2.12. The lowest BCUT2D eigenvalue weighted by Crippen LogP contribution is -2.03. The van der Waals surface area contributed by atoms with E-state index in [9.17, 15) is 4.79 Å². The minimum Gasteiger partial charge on any atom is -0.493 e. The van der Waals surface area contributed by atoms with E-state index in [1.165, 1.54) is 7.11 Å². The van der Waals surface area contributed by atoms with Gasteiger partial charge in [0.15, 0.2) is 11.5 Å². The molecule has 0 aliphatic heterocycles. The number of carbonyl (C=O) groups is 1. The fraction of sp³-hybridized carbons (Fsp3) is 0.150. The largest absolute Gasteiger partial charge is 0.493 e. The van der Waals surface area contributed by atoms with E-state index in [4.69, 9.17) is 14.2 Å². The number of nitrogens with one attached hydrogen (secondary N) is 2. The molecule has 1 heterocycles. The van der Waals surface area contributed by atoms with Crippen LogP contribution in [0.5, 0.6) is 11.5 Å². The summed E-state index contributed by atoms with van der Waals surface area (Å²) in [5, 5.41) is 6.27. The van der Waals surface area contributed by atoms with Gasteiger partial charge in [0, 0.05) is 23.6 Å². The SMILES string of the molecule is COC(=O)c1cccc(Nc2nccc(Nc3ccc(OC)c(OC)c3)n2)c1. The summed E-state index contributed by atoms with van der Waals surface area (Å²) in [6.07, 6.45) is 1.63. The molecule has 2 aromatic carbocycles. The van der Waals surface area contributed by atoms with Gasteiger partial charge < -0.3 is 24.8 Å². The molecule has 0 saturated carbocycles. The van der Waals surface area contributed by atoms with E-state index >= 15 is 0 Å². The van der Waals surface area contributed by atoms with Gasteiger partial charge in [-0.3, -0.25) is 0 Å². The quantitative estimate of drug-likeness (QED) is 0.598. The number of aromatic nitrogens is 2. The van der Waals surface area contributed by atoms with Crippen molar-refractivity contribution in [1.82, 2.24) is 9.97 Å². The lowest BCUT2D eigenvalue weighted by atomic mass is 10.2. The molecule has 0 radical (unpaired) electrons. The molecule has 0 aliphatic carbocycles. The van der Waals surface area contributed by atoms with E-state index < -0.39 is 5.97 Å². The monoisotopic (exact) mass is 380 g/mol. The van der Waals surface area contributed by atoms with Crippen molar-refractivity contribution in [2.24, 2.45) is 0 Å². The van der Waals surface area contributed by atoms with E-state index in [-0.39, 0.29) is 0 Å². The van der Waals surface area contributed by atoms with Crippen molar-refractivity contribution in [2.45, 2.75) is 0 Å². The normalized spacial score (nSPS) is 10.1. The van der Waals surface area contributed by atoms with Gasteiger partial charge in [0.2, 0.25) is 5.95 Å². The molecule has 3 rings (SSSR count). The summed E-state index contributed by atoms with van der Waals surface area (Å²) in [6.45, 7) is 0. The Labute approximate surface area is 162 Å². The Balaban J connectivity index is 1.77. The number of ether oxygens (including phenoxy) is 3. The number of benzene rings is 2. The Hall–Kier alpha value is -3.81. The van der Waals surface area contributed by atoms with Gasteiger partial charge in [0.1, 0.15) is 5.82 Å². The van der Waals surface area contributed by atoms with Gasteiger partial charge in [-0.1, -0.05) is 6.07 Å². The summed E-state index contributed by atoms with van der Waals surface area (Å²) in [7, 11) is 4.51. The predicted octanol–water partition coefficient (Wildman–Crippen LogP) is 3.77. The van der Waals surface area contributed by atoms with Crippen molar-refractivity contribution in [2.75, 3.05) is 32.0 Å². The first-order valence-corrected chi connectivity index (χ1v) is 8.40. The molecule has 0 spiro atoms. The molecule has 28 heavy (non-hydrogen) atoms. The summed E-state index contributed by atoms with van der Waals surface area (Å²) in [4.78, 5) is 20.3. The highest BCUT2D eigenvalue weighted by Gasteiger charge is 2.08. The summed E-state index contributed by atoms with van der Waals surface area (Å²) in [5.41, 5.74) is 1.90. The van der Waals surface area contributed by atoms with Crippen molar-refractivity contribution < 1.29 is 19.0 Å². The van der Waals surface area contributed by atoms with Crippen LogP contribution in [-0.4, -0.2) is 37.3 Å². The van der Waals surface area contributed by atoms with Crippen molar-refractivity contribution >= 4 is 29.1 Å². The Morgan fingerprint density at radius 2 is 1.68 bits per heavy atom. The smallest absolute Gasteiger partial charge is 0.337 e. The number of anilines is 4. The molecular weight excluding hydrogens is 360 g/mol. The zero-order valence-electron chi connectivity index (χ0n) is 15.7. The first-order valence-electron chi connectivity index (χ1n) is 8.40. The third kappa shape index (κ3) is 4.47. The Morgan fingerprint density at radius 3 is 2.43 bits per heavy atom. The minimum absolute atomic E-state index is 0.382. The standard InChI is InChI=1S/C20H20N4O4/c1-26-16-8-7-15(12-17(16)27-2)22-18-9-10-21-20(24-18)23-14-6-4-5-13(11-14)19(25)28-3/h4-12H,1-3H3,(H2,21,22,23,24). The van der Waals surface area contributed by atoms with E-state index in [0.717, 1.165) is 5.69 Å². The number of hydrogen-bond acceptors (Lipinski definition) is 8. The molecule has 1 aromatic heterocycles. The van der Waals surface area contributed by atoms with Crippen LogP contribution >= 0.6 is 0 Å². The van der Waals surface area contributed by atoms with Gasteiger partial charge in [0.05, 0.1) is 26.9 Å². The summed E-state index contributed by atoms with van der Waals surface area (Å²) in [6, 6.07) is 14.1. The average Bonchev–Trinajstić information content (AvgIpc) is 2.73. The molecule has 0 fully saturated rings. The molecule has 8 nitrogen and oxygen atoms in total. The maximum absolute atomic E-state index is 11.7. The maximum Gasteiger partial charge on any atom is 0.337 e. The molecule has 3 aromatic rings. The van der Waals surface area contributed by atoms with Gasteiger partial charge in [-0.15, -0.1) is 0 Å². The van der Waals surface area contributed by atoms with Gasteiger partial charge in [-0.2, -0.15) is 4.98 Å². The second-order valence-corrected chi connectivity index (χ2v) is 5.66. The van der Waals surface area contributed by atoms with Crippen LogP contribution in [0.15, 0.2) is 54.7 Å². The van der Waals surface area contributed by atoms with Crippen molar-refractivity contribution in [3.63, 3.8) is 0 Å². The highest BCUT2D eigenvalue weighted by atomic mass is 16.5. The Kier molecular flexibility index (Phi) is 5.91. The third-order valence-corrected chi connectivity index (χ3v) is 3.85. The Bertz CT molecular complexity index is 978. The maximum atomic E-state index is 11.7. The van der Waals surface area contributed by atoms with Crippen molar-refractivity contribution in [3.8, 4) is 11.5 Å². The first-order chi connectivity index (χ1) is 13.6. The highest BCUT2D eigenvalue weighted by Crippen LogP contribution is 2.31. The van der Waals surface area contributed by atoms with Crippen LogP contribution in [0.4, 0.5) is 23.1 Å². The molecule has 0 saturated heterocycles. The van der Waals surface area contributed by atoms with Crippen LogP contribution in [-0.2, 0) is 4.74 Å². The van der Waals surface area contributed by atoms with Crippen LogP contribution in [0.1, 0.15) is 10.4 Å². The van der Waals surface area contributed by atoms with Gasteiger partial charge >= 0.3 is 5.97 Å². The fourth-order valence-electron chi connectivity index (χ4n) is 2.52. The van der Waals surface area contributed by atoms with Crippen molar-refractivity contribution in [3.05, 3.63) is 60.3 Å². The van der Waals surface area contributed by atoms with Crippen LogP contribution in [0.25, 0.3) is 0 Å². The zero-order valence-corrected chi connectivity index (χ0v) is 15.7. The highest BCUT2D eigenvalue weighted by molar-refractivity contribution is 5.90. The number of nitrogens with zero attached hydrogens (tertiary/aromatic N) is 2. The van der Waals surface area contributed by atoms with E-state index in [1.54, 1.807) is 50.7 Å². The molecule has 0 atom stereocenters. The Morgan fingerprint density at radius 1 is 0.893 bits per heavy atom. The number of rotatable bonds is 7. The van der Waals surface area contributed by atoms with Gasteiger partial charge in [-0.25, -0.2) is 9.78 Å². The first kappa shape index (κ1) is 19.0.